The second-order valence-corrected chi connectivity index (χ2v) is 8.04. The molecule has 2 saturated heterocycles. The van der Waals surface area contributed by atoms with Crippen LogP contribution in [0.1, 0.15) is 64.7 Å². The van der Waals surface area contributed by atoms with Crippen LogP contribution >= 0.6 is 0 Å². The van der Waals surface area contributed by atoms with Gasteiger partial charge in [-0.25, -0.2) is 9.37 Å². The Morgan fingerprint density at radius 1 is 1.19 bits per heavy atom. The molecule has 0 saturated carbocycles. The fourth-order valence-electron chi connectivity index (χ4n) is 4.03. The lowest BCUT2D eigenvalue weighted by Crippen LogP contribution is -2.25. The number of carbonyl (C=O) groups is 2. The van der Waals surface area contributed by atoms with Gasteiger partial charge < -0.3 is 10.6 Å². The maximum Gasteiger partial charge on any atom is 0.270 e. The van der Waals surface area contributed by atoms with Crippen molar-refractivity contribution in [2.24, 2.45) is 0 Å². The molecule has 0 atom stereocenters. The summed E-state index contributed by atoms with van der Waals surface area (Å²) in [6.45, 7) is 3.24. The fraction of sp³-hybridized carbons (Fsp3) is 0.409. The van der Waals surface area contributed by atoms with E-state index in [1.807, 2.05) is 0 Å². The minimum atomic E-state index is -0.454. The molecule has 0 unspecified atom stereocenters. The number of nitrogens with zero attached hydrogens (tertiary/aromatic N) is 4. The normalized spacial score (nSPS) is 19.2. The second-order valence-electron chi connectivity index (χ2n) is 8.04. The number of aryl methyl sites for hydroxylation is 1. The quantitative estimate of drug-likeness (QED) is 0.625. The first-order valence-electron chi connectivity index (χ1n) is 10.4. The summed E-state index contributed by atoms with van der Waals surface area (Å²) in [4.78, 5) is 32.0. The number of carbonyl (C=O) groups excluding carboxylic acids is 2. The Bertz CT molecular complexity index is 1110. The Hall–Kier alpha value is -3.20. The summed E-state index contributed by atoms with van der Waals surface area (Å²) in [5.74, 6) is -0.832. The van der Waals surface area contributed by atoms with Crippen LogP contribution in [0, 0.1) is 12.7 Å². The van der Waals surface area contributed by atoms with Gasteiger partial charge in [-0.15, -0.1) is 0 Å². The van der Waals surface area contributed by atoms with Gasteiger partial charge in [0, 0.05) is 25.6 Å². The number of ketones is 1. The van der Waals surface area contributed by atoms with Gasteiger partial charge in [0.05, 0.1) is 0 Å². The summed E-state index contributed by atoms with van der Waals surface area (Å²) >= 11 is 0. The predicted molar refractivity (Wildman–Crippen MR) is 112 cm³/mol. The summed E-state index contributed by atoms with van der Waals surface area (Å²) < 4.78 is 14.5. The van der Waals surface area contributed by atoms with E-state index in [1.54, 1.807) is 19.1 Å². The van der Waals surface area contributed by atoms with Gasteiger partial charge in [-0.1, -0.05) is 12.1 Å². The minimum absolute atomic E-state index is 0.0690. The summed E-state index contributed by atoms with van der Waals surface area (Å²) in [6.07, 6.45) is 7.06. The first kappa shape index (κ1) is 21.0. The number of amides is 1. The molecule has 2 aliphatic rings. The van der Waals surface area contributed by atoms with Crippen LogP contribution in [0.2, 0.25) is 0 Å². The van der Waals surface area contributed by atoms with E-state index < -0.39 is 5.91 Å². The van der Waals surface area contributed by atoms with Crippen molar-refractivity contribution in [1.29, 1.82) is 0 Å². The Morgan fingerprint density at radius 2 is 1.90 bits per heavy atom. The van der Waals surface area contributed by atoms with E-state index in [0.717, 1.165) is 17.6 Å². The van der Waals surface area contributed by atoms with Crippen molar-refractivity contribution in [3.8, 4) is 0 Å². The number of benzene rings is 1. The van der Waals surface area contributed by atoms with Gasteiger partial charge in [0.2, 0.25) is 0 Å². The molecule has 3 aromatic rings. The third kappa shape index (κ3) is 4.77. The first-order chi connectivity index (χ1) is 14.9. The molecule has 9 heteroatoms. The van der Waals surface area contributed by atoms with E-state index in [0.29, 0.717) is 5.56 Å². The van der Waals surface area contributed by atoms with Gasteiger partial charge >= 0.3 is 0 Å². The van der Waals surface area contributed by atoms with Crippen LogP contribution < -0.4 is 10.6 Å². The molecule has 2 fully saturated rings. The number of fused-ring (bicyclic) bond motifs is 3. The lowest BCUT2D eigenvalue weighted by atomic mass is 10.0. The molecule has 4 heterocycles. The number of hydrogen-bond acceptors (Lipinski definition) is 6. The topological polar surface area (TPSA) is 101 Å². The van der Waals surface area contributed by atoms with E-state index in [1.165, 1.54) is 55.6 Å². The number of halogens is 1. The molecule has 8 nitrogen and oxygen atoms in total. The lowest BCUT2D eigenvalue weighted by molar-refractivity contribution is 0.0946. The van der Waals surface area contributed by atoms with E-state index in [2.05, 4.69) is 25.7 Å². The zero-order valence-corrected chi connectivity index (χ0v) is 17.6. The molecule has 0 radical (unpaired) electrons. The van der Waals surface area contributed by atoms with Crippen LogP contribution in [0.4, 0.5) is 4.39 Å². The summed E-state index contributed by atoms with van der Waals surface area (Å²) in [5.41, 5.74) is 1.56. The van der Waals surface area contributed by atoms with Crippen molar-refractivity contribution in [2.75, 3.05) is 0 Å². The van der Waals surface area contributed by atoms with E-state index in [-0.39, 0.29) is 35.3 Å². The fourth-order valence-corrected chi connectivity index (χ4v) is 4.03. The van der Waals surface area contributed by atoms with Crippen LogP contribution in [-0.2, 0) is 6.54 Å². The molecule has 2 bridgehead atoms. The standard InChI is InChI=1S/C16H14FN5O2.C6H11N/c1-9-5-11(3-4-12(9)17)7-18-15(24)13-6-14(10(2)23)22-16(21-13)19-8-20-22;1-2-6-4-3-5(1)7-6/h3-6,8H,7H2,1-2H3,(H,18,24);5-7H,1-4H2. The average Bonchev–Trinajstić information content (AvgIpc) is 3.52. The highest BCUT2D eigenvalue weighted by Crippen LogP contribution is 2.26. The number of hydrogen-bond donors (Lipinski definition) is 2. The molecular weight excluding hydrogens is 399 g/mol. The largest absolute Gasteiger partial charge is 0.347 e. The highest BCUT2D eigenvalue weighted by molar-refractivity contribution is 5.98. The smallest absolute Gasteiger partial charge is 0.270 e. The minimum Gasteiger partial charge on any atom is -0.347 e. The molecule has 5 rings (SSSR count). The Morgan fingerprint density at radius 3 is 2.48 bits per heavy atom. The second kappa shape index (κ2) is 8.89. The van der Waals surface area contributed by atoms with Gasteiger partial charge in [-0.3, -0.25) is 9.59 Å². The van der Waals surface area contributed by atoms with E-state index >= 15 is 0 Å². The van der Waals surface area contributed by atoms with Crippen LogP contribution in [0.3, 0.4) is 0 Å². The number of aromatic nitrogens is 4. The van der Waals surface area contributed by atoms with Crippen molar-refractivity contribution >= 4 is 17.5 Å². The van der Waals surface area contributed by atoms with Crippen molar-refractivity contribution in [3.63, 3.8) is 0 Å². The van der Waals surface area contributed by atoms with Crippen molar-refractivity contribution in [1.82, 2.24) is 30.2 Å². The summed E-state index contributed by atoms with van der Waals surface area (Å²) in [6, 6.07) is 7.82. The Kier molecular flexibility index (Phi) is 6.03. The summed E-state index contributed by atoms with van der Waals surface area (Å²) in [5, 5.41) is 10.1. The molecule has 2 aliphatic heterocycles. The SMILES string of the molecule is C1CC2CCC1N2.CC(=O)c1cc(C(=O)NCc2ccc(F)c(C)c2)nc2ncnn12. The number of Topliss-reactive ketones (excluding diaryl/α,β-unsaturated/α-hetero) is 1. The highest BCUT2D eigenvalue weighted by atomic mass is 19.1. The van der Waals surface area contributed by atoms with Gasteiger partial charge in [0.25, 0.3) is 11.7 Å². The van der Waals surface area contributed by atoms with Crippen molar-refractivity contribution in [3.05, 3.63) is 58.9 Å². The van der Waals surface area contributed by atoms with Gasteiger partial charge in [-0.2, -0.15) is 14.6 Å². The molecule has 162 valence electrons. The molecule has 2 aromatic heterocycles. The predicted octanol–water partition coefficient (Wildman–Crippen LogP) is 2.61. The lowest BCUT2D eigenvalue weighted by Gasteiger charge is -2.07. The van der Waals surface area contributed by atoms with Crippen LogP contribution in [0.25, 0.3) is 5.78 Å². The third-order valence-corrected chi connectivity index (χ3v) is 5.72. The summed E-state index contributed by atoms with van der Waals surface area (Å²) in [7, 11) is 0. The maximum absolute atomic E-state index is 13.3. The van der Waals surface area contributed by atoms with Gasteiger partial charge in [0.15, 0.2) is 5.78 Å². The number of rotatable bonds is 4. The van der Waals surface area contributed by atoms with Crippen LogP contribution in [0.5, 0.6) is 0 Å². The van der Waals surface area contributed by atoms with E-state index in [4.69, 9.17) is 0 Å². The molecule has 0 spiro atoms. The average molecular weight is 424 g/mol. The maximum atomic E-state index is 13.3. The number of nitrogens with one attached hydrogen (secondary N) is 2. The molecule has 31 heavy (non-hydrogen) atoms. The monoisotopic (exact) mass is 424 g/mol. The van der Waals surface area contributed by atoms with Crippen molar-refractivity contribution in [2.45, 2.75) is 58.2 Å². The third-order valence-electron chi connectivity index (χ3n) is 5.72. The van der Waals surface area contributed by atoms with E-state index in [9.17, 15) is 14.0 Å². The van der Waals surface area contributed by atoms with Crippen molar-refractivity contribution < 1.29 is 14.0 Å². The highest BCUT2D eigenvalue weighted by Gasteiger charge is 2.29. The zero-order valence-electron chi connectivity index (χ0n) is 17.6. The van der Waals surface area contributed by atoms with Crippen LogP contribution in [0.15, 0.2) is 30.6 Å². The first-order valence-corrected chi connectivity index (χ1v) is 10.4. The molecule has 2 N–H and O–H groups in total. The molecule has 0 aliphatic carbocycles. The van der Waals surface area contributed by atoms with Gasteiger partial charge in [-0.05, 0) is 55.9 Å². The molecular formula is C22H25FN6O2. The Balaban J connectivity index is 0.000000275. The zero-order chi connectivity index (χ0) is 22.0. The molecule has 1 amide bonds. The van der Waals surface area contributed by atoms with Crippen LogP contribution in [-0.4, -0.2) is 43.4 Å². The Labute approximate surface area is 179 Å². The van der Waals surface area contributed by atoms with Gasteiger partial charge in [0.1, 0.15) is 23.5 Å². The molecule has 1 aromatic carbocycles.